The summed E-state index contributed by atoms with van der Waals surface area (Å²) in [4.78, 5) is 24.7. The summed E-state index contributed by atoms with van der Waals surface area (Å²) in [5, 5.41) is 14.9. The smallest absolute Gasteiger partial charge is 0.309 e. The molecule has 0 N–H and O–H groups in total. The van der Waals surface area contributed by atoms with Gasteiger partial charge in [0.1, 0.15) is 11.9 Å². The first-order valence-corrected chi connectivity index (χ1v) is 7.39. The van der Waals surface area contributed by atoms with Gasteiger partial charge in [-0.1, -0.05) is 0 Å². The van der Waals surface area contributed by atoms with Crippen molar-refractivity contribution in [2.24, 2.45) is 0 Å². The first-order valence-electron chi connectivity index (χ1n) is 7.39. The van der Waals surface area contributed by atoms with E-state index in [9.17, 15) is 14.9 Å². The Labute approximate surface area is 124 Å². The molecule has 116 valence electrons. The molecule has 0 aliphatic carbocycles. The van der Waals surface area contributed by atoms with Gasteiger partial charge in [-0.2, -0.15) is 5.10 Å². The monoisotopic (exact) mass is 294 g/mol. The number of nitrogens with zero attached hydrogens (tertiary/aromatic N) is 4. The number of hydrogen-bond donors (Lipinski definition) is 0. The average Bonchev–Trinajstić information content (AvgIpc) is 2.77. The Kier molecular flexibility index (Phi) is 4.59. The van der Waals surface area contributed by atoms with E-state index in [1.807, 2.05) is 4.90 Å². The average molecular weight is 294 g/mol. The van der Waals surface area contributed by atoms with Crippen molar-refractivity contribution >= 4 is 11.6 Å². The molecule has 21 heavy (non-hydrogen) atoms. The van der Waals surface area contributed by atoms with Crippen molar-refractivity contribution in [3.63, 3.8) is 0 Å². The largest absolute Gasteiger partial charge is 0.337 e. The zero-order valence-corrected chi connectivity index (χ0v) is 12.8. The minimum Gasteiger partial charge on any atom is -0.337 e. The van der Waals surface area contributed by atoms with Gasteiger partial charge in [-0.05, 0) is 40.0 Å². The third kappa shape index (κ3) is 3.40. The summed E-state index contributed by atoms with van der Waals surface area (Å²) >= 11 is 0. The van der Waals surface area contributed by atoms with Crippen LogP contribution in [0.4, 0.5) is 5.69 Å². The number of rotatable bonds is 4. The molecule has 1 aliphatic heterocycles. The number of amides is 1. The Hall–Kier alpha value is -1.92. The molecule has 1 fully saturated rings. The van der Waals surface area contributed by atoms with Crippen molar-refractivity contribution in [3.8, 4) is 0 Å². The Morgan fingerprint density at radius 1 is 1.43 bits per heavy atom. The van der Waals surface area contributed by atoms with Crippen molar-refractivity contribution in [1.29, 1.82) is 0 Å². The maximum atomic E-state index is 12.4. The molecule has 0 aromatic carbocycles. The van der Waals surface area contributed by atoms with Gasteiger partial charge in [0.15, 0.2) is 0 Å². The van der Waals surface area contributed by atoms with Crippen LogP contribution in [0.5, 0.6) is 0 Å². The molecule has 1 aromatic rings. The van der Waals surface area contributed by atoms with Crippen LogP contribution >= 0.6 is 0 Å². The highest BCUT2D eigenvalue weighted by atomic mass is 16.6. The quantitative estimate of drug-likeness (QED) is 0.630. The van der Waals surface area contributed by atoms with Crippen LogP contribution in [0.1, 0.15) is 45.2 Å². The van der Waals surface area contributed by atoms with Gasteiger partial charge in [0.2, 0.25) is 5.91 Å². The number of likely N-dealkylation sites (tertiary alicyclic amines) is 1. The second-order valence-corrected chi connectivity index (χ2v) is 5.80. The molecule has 1 aliphatic rings. The summed E-state index contributed by atoms with van der Waals surface area (Å²) in [5.74, 6) is 0.102. The van der Waals surface area contributed by atoms with Gasteiger partial charge >= 0.3 is 5.69 Å². The van der Waals surface area contributed by atoms with Crippen molar-refractivity contribution in [2.75, 3.05) is 0 Å². The fourth-order valence-corrected chi connectivity index (χ4v) is 3.05. The summed E-state index contributed by atoms with van der Waals surface area (Å²) in [6, 6.07) is 0.546. The molecule has 0 saturated carbocycles. The number of piperidine rings is 1. The molecule has 2 heterocycles. The maximum absolute atomic E-state index is 12.4. The SMILES string of the molecule is Cc1nn(CCC(=O)N2[C@H](C)CCC[C@H]2C)cc1[N+](=O)[O-]. The van der Waals surface area contributed by atoms with Crippen molar-refractivity contribution < 1.29 is 9.72 Å². The van der Waals surface area contributed by atoms with Crippen LogP contribution in [-0.2, 0) is 11.3 Å². The summed E-state index contributed by atoms with van der Waals surface area (Å²) in [7, 11) is 0. The van der Waals surface area contributed by atoms with E-state index in [2.05, 4.69) is 18.9 Å². The van der Waals surface area contributed by atoms with E-state index in [4.69, 9.17) is 0 Å². The van der Waals surface area contributed by atoms with Crippen molar-refractivity contribution in [2.45, 2.75) is 65.1 Å². The van der Waals surface area contributed by atoms with Crippen LogP contribution in [0.2, 0.25) is 0 Å². The highest BCUT2D eigenvalue weighted by Crippen LogP contribution is 2.23. The lowest BCUT2D eigenvalue weighted by Crippen LogP contribution is -2.47. The van der Waals surface area contributed by atoms with E-state index in [-0.39, 0.29) is 23.7 Å². The van der Waals surface area contributed by atoms with E-state index >= 15 is 0 Å². The fourth-order valence-electron chi connectivity index (χ4n) is 3.05. The lowest BCUT2D eigenvalue weighted by molar-refractivity contribution is -0.385. The number of aromatic nitrogens is 2. The number of carbonyl (C=O) groups excluding carboxylic acids is 1. The molecule has 1 amide bonds. The van der Waals surface area contributed by atoms with Crippen molar-refractivity contribution in [3.05, 3.63) is 22.0 Å². The Morgan fingerprint density at radius 2 is 2.05 bits per heavy atom. The molecule has 7 nitrogen and oxygen atoms in total. The highest BCUT2D eigenvalue weighted by Gasteiger charge is 2.28. The van der Waals surface area contributed by atoms with Crippen LogP contribution in [-0.4, -0.2) is 37.6 Å². The lowest BCUT2D eigenvalue weighted by atomic mass is 9.97. The van der Waals surface area contributed by atoms with Crippen LogP contribution in [0.15, 0.2) is 6.20 Å². The molecular weight excluding hydrogens is 272 g/mol. The zero-order valence-electron chi connectivity index (χ0n) is 12.8. The fraction of sp³-hybridized carbons (Fsp3) is 0.714. The van der Waals surface area contributed by atoms with Gasteiger partial charge in [-0.3, -0.25) is 19.6 Å². The molecule has 0 unspecified atom stereocenters. The Morgan fingerprint density at radius 3 is 2.57 bits per heavy atom. The normalized spacial score (nSPS) is 22.3. The molecule has 2 rings (SSSR count). The first kappa shape index (κ1) is 15.5. The summed E-state index contributed by atoms with van der Waals surface area (Å²) in [6.45, 7) is 6.14. The van der Waals surface area contributed by atoms with E-state index < -0.39 is 4.92 Å². The lowest BCUT2D eigenvalue weighted by Gasteiger charge is -2.39. The van der Waals surface area contributed by atoms with Crippen LogP contribution < -0.4 is 0 Å². The number of carbonyl (C=O) groups is 1. The van der Waals surface area contributed by atoms with E-state index in [1.165, 1.54) is 10.9 Å². The van der Waals surface area contributed by atoms with Gasteiger partial charge in [0.25, 0.3) is 0 Å². The van der Waals surface area contributed by atoms with E-state index in [0.717, 1.165) is 19.3 Å². The van der Waals surface area contributed by atoms with E-state index in [1.54, 1.807) is 6.92 Å². The predicted molar refractivity (Wildman–Crippen MR) is 77.9 cm³/mol. The van der Waals surface area contributed by atoms with Gasteiger partial charge in [-0.15, -0.1) is 0 Å². The summed E-state index contributed by atoms with van der Waals surface area (Å²) in [5.41, 5.74) is 0.384. The molecule has 1 aromatic heterocycles. The maximum Gasteiger partial charge on any atom is 0.309 e. The molecule has 1 saturated heterocycles. The second-order valence-electron chi connectivity index (χ2n) is 5.80. The molecule has 0 bridgehead atoms. The van der Waals surface area contributed by atoms with E-state index in [0.29, 0.717) is 18.7 Å². The molecule has 2 atom stereocenters. The van der Waals surface area contributed by atoms with Crippen LogP contribution in [0.3, 0.4) is 0 Å². The molecule has 0 radical (unpaired) electrons. The minimum atomic E-state index is -0.449. The predicted octanol–water partition coefficient (Wildman–Crippen LogP) is 2.28. The number of hydrogen-bond acceptors (Lipinski definition) is 4. The first-order chi connectivity index (χ1) is 9.90. The second kappa shape index (κ2) is 6.24. The molecular formula is C14H22N4O3. The summed E-state index contributed by atoms with van der Waals surface area (Å²) in [6.07, 6.45) is 4.97. The van der Waals surface area contributed by atoms with Gasteiger partial charge in [0, 0.05) is 25.0 Å². The summed E-state index contributed by atoms with van der Waals surface area (Å²) < 4.78 is 1.49. The molecule has 0 spiro atoms. The Balaban J connectivity index is 1.97. The van der Waals surface area contributed by atoms with Gasteiger partial charge in [-0.25, -0.2) is 0 Å². The number of nitro groups is 1. The Bertz CT molecular complexity index is 530. The number of aryl methyl sites for hydroxylation is 2. The standard InChI is InChI=1S/C14H22N4O3/c1-10-5-4-6-11(2)17(10)14(19)7-8-16-9-13(18(20)21)12(3)15-16/h9-11H,4-8H2,1-3H3/t10-,11-/m1/s1. The van der Waals surface area contributed by atoms with Gasteiger partial charge in [0.05, 0.1) is 4.92 Å². The van der Waals surface area contributed by atoms with Gasteiger partial charge < -0.3 is 4.90 Å². The minimum absolute atomic E-state index is 0.00200. The van der Waals surface area contributed by atoms with Crippen LogP contribution in [0, 0.1) is 17.0 Å². The topological polar surface area (TPSA) is 81.3 Å². The van der Waals surface area contributed by atoms with Crippen molar-refractivity contribution in [1.82, 2.24) is 14.7 Å². The highest BCUT2D eigenvalue weighted by molar-refractivity contribution is 5.76. The third-order valence-corrected chi connectivity index (χ3v) is 4.15. The van der Waals surface area contributed by atoms with Crippen LogP contribution in [0.25, 0.3) is 0 Å². The third-order valence-electron chi connectivity index (χ3n) is 4.15. The molecule has 7 heteroatoms. The zero-order chi connectivity index (χ0) is 15.6.